The van der Waals surface area contributed by atoms with E-state index in [0.29, 0.717) is 17.0 Å². The zero-order chi connectivity index (χ0) is 15.6. The molecule has 116 valence electrons. The van der Waals surface area contributed by atoms with E-state index in [9.17, 15) is 8.42 Å². The van der Waals surface area contributed by atoms with Gasteiger partial charge in [-0.15, -0.1) is 0 Å². The van der Waals surface area contributed by atoms with Crippen molar-refractivity contribution >= 4 is 27.2 Å². The van der Waals surface area contributed by atoms with E-state index in [-0.39, 0.29) is 15.9 Å². The second-order valence-corrected chi connectivity index (χ2v) is 7.92. The van der Waals surface area contributed by atoms with Gasteiger partial charge >= 0.3 is 0 Å². The van der Waals surface area contributed by atoms with Gasteiger partial charge in [0.1, 0.15) is 4.99 Å². The number of rotatable bonds is 5. The van der Waals surface area contributed by atoms with Crippen LogP contribution in [-0.4, -0.2) is 19.4 Å². The molecule has 4 nitrogen and oxygen atoms in total. The number of hydrogen-bond donors (Lipinski definition) is 2. The fraction of sp³-hybridized carbons (Fsp3) is 0.533. The normalized spacial score (nSPS) is 17.8. The Morgan fingerprint density at radius 2 is 2.00 bits per heavy atom. The average molecular weight is 326 g/mol. The highest BCUT2D eigenvalue weighted by molar-refractivity contribution is 7.89. The molecule has 0 saturated heterocycles. The smallest absolute Gasteiger partial charge is 0.241 e. The molecule has 3 N–H and O–H groups in total. The summed E-state index contributed by atoms with van der Waals surface area (Å²) in [4.78, 5) is 0.466. The van der Waals surface area contributed by atoms with Crippen molar-refractivity contribution in [1.82, 2.24) is 4.72 Å². The minimum Gasteiger partial charge on any atom is -0.389 e. The van der Waals surface area contributed by atoms with E-state index in [1.165, 1.54) is 12.8 Å². The van der Waals surface area contributed by atoms with E-state index in [0.717, 1.165) is 12.8 Å². The number of thiocarbonyl (C=S) groups is 1. The van der Waals surface area contributed by atoms with Crippen molar-refractivity contribution in [2.24, 2.45) is 11.7 Å². The molecule has 0 spiro atoms. The lowest BCUT2D eigenvalue weighted by molar-refractivity contribution is 0.424. The average Bonchev–Trinajstić information content (AvgIpc) is 2.92. The highest BCUT2D eigenvalue weighted by atomic mass is 32.2. The lowest BCUT2D eigenvalue weighted by Gasteiger charge is -2.21. The number of nitrogens with one attached hydrogen (secondary N) is 1. The fourth-order valence-corrected chi connectivity index (χ4v) is 4.61. The van der Waals surface area contributed by atoms with E-state index in [1.807, 2.05) is 6.92 Å². The Morgan fingerprint density at radius 1 is 1.38 bits per heavy atom. The molecule has 0 radical (unpaired) electrons. The maximum absolute atomic E-state index is 12.6. The van der Waals surface area contributed by atoms with Gasteiger partial charge in [-0.05, 0) is 44.2 Å². The van der Waals surface area contributed by atoms with Crippen molar-refractivity contribution < 1.29 is 8.42 Å². The Hall–Kier alpha value is -0.980. The van der Waals surface area contributed by atoms with E-state index in [4.69, 9.17) is 18.0 Å². The summed E-state index contributed by atoms with van der Waals surface area (Å²) in [6.07, 6.45) is 4.56. The lowest BCUT2D eigenvalue weighted by Crippen LogP contribution is -2.37. The molecule has 21 heavy (non-hydrogen) atoms. The summed E-state index contributed by atoms with van der Waals surface area (Å²) in [7, 11) is -3.55. The molecule has 1 fully saturated rings. The third-order valence-electron chi connectivity index (χ3n) is 4.21. The summed E-state index contributed by atoms with van der Waals surface area (Å²) < 4.78 is 28.0. The SMILES string of the molecule is Cc1ccc(C(N)=S)cc1S(=O)(=O)NC(C)C1CCCC1. The van der Waals surface area contributed by atoms with Crippen LogP contribution in [-0.2, 0) is 10.0 Å². The van der Waals surface area contributed by atoms with Gasteiger partial charge in [-0.2, -0.15) is 0 Å². The summed E-state index contributed by atoms with van der Waals surface area (Å²) in [5, 5.41) is 0. The van der Waals surface area contributed by atoms with Gasteiger partial charge in [0.2, 0.25) is 10.0 Å². The van der Waals surface area contributed by atoms with Crippen molar-refractivity contribution in [1.29, 1.82) is 0 Å². The van der Waals surface area contributed by atoms with E-state index in [1.54, 1.807) is 25.1 Å². The van der Waals surface area contributed by atoms with Gasteiger partial charge in [-0.3, -0.25) is 0 Å². The summed E-state index contributed by atoms with van der Waals surface area (Å²) in [6, 6.07) is 4.99. The Balaban J connectivity index is 2.26. The van der Waals surface area contributed by atoms with Crippen LogP contribution in [0.15, 0.2) is 23.1 Å². The number of sulfonamides is 1. The molecule has 0 amide bonds. The molecule has 1 aromatic rings. The third-order valence-corrected chi connectivity index (χ3v) is 6.15. The number of aryl methyl sites for hydroxylation is 1. The summed E-state index contributed by atoms with van der Waals surface area (Å²) in [5.41, 5.74) is 6.86. The van der Waals surface area contributed by atoms with Crippen LogP contribution in [0.1, 0.15) is 43.7 Å². The summed E-state index contributed by atoms with van der Waals surface area (Å²) >= 11 is 4.93. The Morgan fingerprint density at radius 3 is 2.57 bits per heavy atom. The zero-order valence-corrected chi connectivity index (χ0v) is 14.1. The monoisotopic (exact) mass is 326 g/mol. The Kier molecular flexibility index (Phi) is 5.01. The molecule has 0 aromatic heterocycles. The largest absolute Gasteiger partial charge is 0.389 e. The van der Waals surface area contributed by atoms with Crippen LogP contribution in [0.3, 0.4) is 0 Å². The van der Waals surface area contributed by atoms with E-state index in [2.05, 4.69) is 4.72 Å². The Labute approximate surface area is 132 Å². The molecule has 0 bridgehead atoms. The van der Waals surface area contributed by atoms with Gasteiger partial charge in [0.05, 0.1) is 4.90 Å². The molecule has 1 aliphatic rings. The van der Waals surface area contributed by atoms with Crippen molar-refractivity contribution in [2.45, 2.75) is 50.5 Å². The van der Waals surface area contributed by atoms with Gasteiger partial charge in [0, 0.05) is 11.6 Å². The standard InChI is InChI=1S/C15H22N2O2S2/c1-10-7-8-13(15(16)20)9-14(10)21(18,19)17-11(2)12-5-3-4-6-12/h7-9,11-12,17H,3-6H2,1-2H3,(H2,16,20). The van der Waals surface area contributed by atoms with Crippen molar-refractivity contribution in [3.8, 4) is 0 Å². The van der Waals surface area contributed by atoms with Gasteiger partial charge in [0.15, 0.2) is 0 Å². The molecule has 0 heterocycles. The van der Waals surface area contributed by atoms with Crippen molar-refractivity contribution in [3.63, 3.8) is 0 Å². The van der Waals surface area contributed by atoms with Crippen LogP contribution < -0.4 is 10.5 Å². The van der Waals surface area contributed by atoms with Crippen LogP contribution >= 0.6 is 12.2 Å². The first-order valence-electron chi connectivity index (χ1n) is 7.24. The summed E-state index contributed by atoms with van der Waals surface area (Å²) in [6.45, 7) is 3.72. The van der Waals surface area contributed by atoms with E-state index < -0.39 is 10.0 Å². The number of hydrogen-bond acceptors (Lipinski definition) is 3. The molecule has 2 rings (SSSR count). The second-order valence-electron chi connectivity index (χ2n) is 5.80. The highest BCUT2D eigenvalue weighted by Gasteiger charge is 2.27. The number of nitrogens with two attached hydrogens (primary N) is 1. The zero-order valence-electron chi connectivity index (χ0n) is 12.4. The Bertz CT molecular complexity index is 635. The first kappa shape index (κ1) is 16.4. The minimum atomic E-state index is -3.55. The molecular formula is C15H22N2O2S2. The van der Waals surface area contributed by atoms with Crippen LogP contribution in [0.5, 0.6) is 0 Å². The van der Waals surface area contributed by atoms with Crippen LogP contribution in [0.4, 0.5) is 0 Å². The maximum atomic E-state index is 12.6. The van der Waals surface area contributed by atoms with Gasteiger partial charge in [-0.25, -0.2) is 13.1 Å². The first-order chi connectivity index (χ1) is 9.81. The third kappa shape index (κ3) is 3.81. The fourth-order valence-electron chi connectivity index (χ4n) is 2.90. The van der Waals surface area contributed by atoms with Crippen LogP contribution in [0, 0.1) is 12.8 Å². The maximum Gasteiger partial charge on any atom is 0.241 e. The molecule has 1 saturated carbocycles. The van der Waals surface area contributed by atoms with Crippen LogP contribution in [0.25, 0.3) is 0 Å². The molecular weight excluding hydrogens is 304 g/mol. The van der Waals surface area contributed by atoms with Gasteiger partial charge in [-0.1, -0.05) is 37.2 Å². The van der Waals surface area contributed by atoms with Crippen molar-refractivity contribution in [3.05, 3.63) is 29.3 Å². The predicted molar refractivity (Wildman–Crippen MR) is 88.8 cm³/mol. The van der Waals surface area contributed by atoms with Gasteiger partial charge in [0.25, 0.3) is 0 Å². The quantitative estimate of drug-likeness (QED) is 0.816. The second kappa shape index (κ2) is 6.42. The lowest BCUT2D eigenvalue weighted by atomic mass is 10.0. The predicted octanol–water partition coefficient (Wildman–Crippen LogP) is 2.49. The molecule has 6 heteroatoms. The van der Waals surface area contributed by atoms with Crippen LogP contribution in [0.2, 0.25) is 0 Å². The molecule has 1 aliphatic carbocycles. The molecule has 1 atom stereocenters. The first-order valence-corrected chi connectivity index (χ1v) is 9.13. The van der Waals surface area contributed by atoms with E-state index >= 15 is 0 Å². The molecule has 0 aliphatic heterocycles. The topological polar surface area (TPSA) is 72.2 Å². The van der Waals surface area contributed by atoms with Crippen molar-refractivity contribution in [2.75, 3.05) is 0 Å². The number of benzene rings is 1. The highest BCUT2D eigenvalue weighted by Crippen LogP contribution is 2.28. The summed E-state index contributed by atoms with van der Waals surface area (Å²) in [5.74, 6) is 0.429. The minimum absolute atomic E-state index is 0.0506. The van der Waals surface area contributed by atoms with Gasteiger partial charge < -0.3 is 5.73 Å². The molecule has 1 aromatic carbocycles. The molecule has 1 unspecified atom stereocenters.